The number of rotatable bonds is 5. The van der Waals surface area contributed by atoms with E-state index in [0.717, 1.165) is 22.1 Å². The molecule has 18 heavy (non-hydrogen) atoms. The second-order valence-electron chi connectivity index (χ2n) is 3.93. The van der Waals surface area contributed by atoms with E-state index in [4.69, 9.17) is 4.42 Å². The predicted octanol–water partition coefficient (Wildman–Crippen LogP) is 2.88. The van der Waals surface area contributed by atoms with Gasteiger partial charge in [0.05, 0.1) is 12.0 Å². The van der Waals surface area contributed by atoms with Gasteiger partial charge in [0.15, 0.2) is 9.84 Å². The third-order valence-electron chi connectivity index (χ3n) is 2.17. The fraction of sp³-hybridized carbons (Fsp3) is 0.364. The SMILES string of the molecule is Cc1occc1SCc1csc(CS(C)(=O)=O)n1. The van der Waals surface area contributed by atoms with E-state index in [1.54, 1.807) is 18.0 Å². The third kappa shape index (κ3) is 3.86. The summed E-state index contributed by atoms with van der Waals surface area (Å²) in [6, 6.07) is 1.92. The molecule has 98 valence electrons. The van der Waals surface area contributed by atoms with Gasteiger partial charge in [-0.15, -0.1) is 23.1 Å². The Morgan fingerprint density at radius 1 is 1.50 bits per heavy atom. The highest BCUT2D eigenvalue weighted by molar-refractivity contribution is 7.98. The minimum atomic E-state index is -3.00. The van der Waals surface area contributed by atoms with E-state index >= 15 is 0 Å². The van der Waals surface area contributed by atoms with E-state index in [1.165, 1.54) is 17.6 Å². The smallest absolute Gasteiger partial charge is 0.153 e. The van der Waals surface area contributed by atoms with Gasteiger partial charge in [0.25, 0.3) is 0 Å². The van der Waals surface area contributed by atoms with Gasteiger partial charge in [0, 0.05) is 22.3 Å². The minimum absolute atomic E-state index is 0.0209. The van der Waals surface area contributed by atoms with Crippen LogP contribution in [0.1, 0.15) is 16.5 Å². The van der Waals surface area contributed by atoms with Crippen molar-refractivity contribution in [1.29, 1.82) is 0 Å². The number of nitrogens with zero attached hydrogens (tertiary/aromatic N) is 1. The van der Waals surface area contributed by atoms with Crippen LogP contribution in [-0.4, -0.2) is 19.7 Å². The Labute approximate surface area is 114 Å². The van der Waals surface area contributed by atoms with E-state index in [-0.39, 0.29) is 5.75 Å². The van der Waals surface area contributed by atoms with Crippen LogP contribution in [0.3, 0.4) is 0 Å². The van der Waals surface area contributed by atoms with Crippen LogP contribution in [0.15, 0.2) is 27.0 Å². The molecule has 0 atom stereocenters. The minimum Gasteiger partial charge on any atom is -0.468 e. The molecule has 0 fully saturated rings. The molecule has 4 nitrogen and oxygen atoms in total. The van der Waals surface area contributed by atoms with Crippen molar-refractivity contribution in [1.82, 2.24) is 4.98 Å². The molecule has 2 aromatic heterocycles. The van der Waals surface area contributed by atoms with Gasteiger partial charge < -0.3 is 4.42 Å². The molecule has 0 aliphatic carbocycles. The van der Waals surface area contributed by atoms with Crippen molar-refractivity contribution in [2.75, 3.05) is 6.26 Å². The molecule has 0 N–H and O–H groups in total. The van der Waals surface area contributed by atoms with Gasteiger partial charge in [-0.05, 0) is 13.0 Å². The van der Waals surface area contributed by atoms with Crippen molar-refractivity contribution in [3.63, 3.8) is 0 Å². The van der Waals surface area contributed by atoms with Crippen molar-refractivity contribution >= 4 is 32.9 Å². The lowest BCUT2D eigenvalue weighted by Crippen LogP contribution is -2.00. The second-order valence-corrected chi connectivity index (χ2v) is 8.03. The highest BCUT2D eigenvalue weighted by Gasteiger charge is 2.10. The monoisotopic (exact) mass is 303 g/mol. The average Bonchev–Trinajstić information content (AvgIpc) is 2.82. The van der Waals surface area contributed by atoms with Gasteiger partial charge in [-0.1, -0.05) is 0 Å². The average molecular weight is 303 g/mol. The molecule has 0 radical (unpaired) electrons. The molecule has 0 amide bonds. The summed E-state index contributed by atoms with van der Waals surface area (Å²) in [5.74, 6) is 1.64. The Hall–Kier alpha value is -0.790. The van der Waals surface area contributed by atoms with Gasteiger partial charge in [0.1, 0.15) is 16.5 Å². The lowest BCUT2D eigenvalue weighted by Gasteiger charge is -1.96. The Balaban J connectivity index is 1.97. The molecule has 2 rings (SSSR count). The molecule has 0 saturated carbocycles. The molecule has 0 spiro atoms. The van der Waals surface area contributed by atoms with E-state index in [2.05, 4.69) is 4.98 Å². The highest BCUT2D eigenvalue weighted by atomic mass is 32.2. The lowest BCUT2D eigenvalue weighted by atomic mass is 10.5. The molecule has 2 aromatic rings. The van der Waals surface area contributed by atoms with Crippen LogP contribution in [-0.2, 0) is 21.3 Å². The number of hydrogen-bond acceptors (Lipinski definition) is 6. The van der Waals surface area contributed by atoms with Gasteiger partial charge in [-0.3, -0.25) is 0 Å². The number of thiazole rings is 1. The number of hydrogen-bond donors (Lipinski definition) is 0. The summed E-state index contributed by atoms with van der Waals surface area (Å²) in [6.07, 6.45) is 2.88. The van der Waals surface area contributed by atoms with Crippen LogP contribution in [0.4, 0.5) is 0 Å². The summed E-state index contributed by atoms with van der Waals surface area (Å²) in [5.41, 5.74) is 0.907. The second kappa shape index (κ2) is 5.46. The van der Waals surface area contributed by atoms with E-state index in [9.17, 15) is 8.42 Å². The van der Waals surface area contributed by atoms with Crippen molar-refractivity contribution < 1.29 is 12.8 Å². The molecular weight excluding hydrogens is 290 g/mol. The van der Waals surface area contributed by atoms with Crippen molar-refractivity contribution in [2.24, 2.45) is 0 Å². The Morgan fingerprint density at radius 2 is 2.28 bits per heavy atom. The van der Waals surface area contributed by atoms with E-state index in [1.807, 2.05) is 18.4 Å². The van der Waals surface area contributed by atoms with Gasteiger partial charge in [-0.2, -0.15) is 0 Å². The summed E-state index contributed by atoms with van der Waals surface area (Å²) in [6.45, 7) is 1.92. The summed E-state index contributed by atoms with van der Waals surface area (Å²) < 4.78 is 27.5. The largest absolute Gasteiger partial charge is 0.468 e. The van der Waals surface area contributed by atoms with E-state index < -0.39 is 9.84 Å². The van der Waals surface area contributed by atoms with Crippen LogP contribution < -0.4 is 0 Å². The number of sulfone groups is 1. The topological polar surface area (TPSA) is 60.2 Å². The number of aryl methyl sites for hydroxylation is 1. The zero-order chi connectivity index (χ0) is 13.2. The molecular formula is C11H13NO3S3. The van der Waals surface area contributed by atoms with Crippen LogP contribution in [0.2, 0.25) is 0 Å². The normalized spacial score (nSPS) is 11.9. The quantitative estimate of drug-likeness (QED) is 0.795. The van der Waals surface area contributed by atoms with Crippen molar-refractivity contribution in [2.45, 2.75) is 23.3 Å². The molecule has 2 heterocycles. The standard InChI is InChI=1S/C11H13NO3S3/c1-8-10(3-4-15-8)16-5-9-6-17-11(12-9)7-18(2,13)14/h3-4,6H,5,7H2,1-2H3. The first-order chi connectivity index (χ1) is 8.44. The summed E-state index contributed by atoms with van der Waals surface area (Å²) >= 11 is 3.03. The fourth-order valence-electron chi connectivity index (χ4n) is 1.38. The van der Waals surface area contributed by atoms with E-state index in [0.29, 0.717) is 5.01 Å². The molecule has 0 saturated heterocycles. The summed E-state index contributed by atoms with van der Waals surface area (Å²) in [5, 5.41) is 2.56. The Bertz CT molecular complexity index is 628. The molecule has 0 unspecified atom stereocenters. The summed E-state index contributed by atoms with van der Waals surface area (Å²) in [7, 11) is -3.00. The number of thioether (sulfide) groups is 1. The maximum Gasteiger partial charge on any atom is 0.153 e. The fourth-order valence-corrected chi connectivity index (χ4v) is 4.35. The van der Waals surface area contributed by atoms with Crippen molar-refractivity contribution in [3.8, 4) is 0 Å². The van der Waals surface area contributed by atoms with Gasteiger partial charge in [-0.25, -0.2) is 13.4 Å². The first kappa shape index (κ1) is 13.6. The van der Waals surface area contributed by atoms with Crippen LogP contribution in [0, 0.1) is 6.92 Å². The number of furan rings is 1. The third-order valence-corrected chi connectivity index (χ3v) is 5.22. The predicted molar refractivity (Wildman–Crippen MR) is 73.7 cm³/mol. The van der Waals surface area contributed by atoms with Crippen molar-refractivity contribution in [3.05, 3.63) is 34.2 Å². The Kier molecular flexibility index (Phi) is 4.14. The van der Waals surface area contributed by atoms with Crippen LogP contribution >= 0.6 is 23.1 Å². The molecule has 0 bridgehead atoms. The number of aromatic nitrogens is 1. The highest BCUT2D eigenvalue weighted by Crippen LogP contribution is 2.27. The van der Waals surface area contributed by atoms with Gasteiger partial charge in [0.2, 0.25) is 0 Å². The maximum atomic E-state index is 11.1. The zero-order valence-electron chi connectivity index (χ0n) is 10.0. The first-order valence-electron chi connectivity index (χ1n) is 5.22. The molecule has 0 aliphatic heterocycles. The summed E-state index contributed by atoms with van der Waals surface area (Å²) in [4.78, 5) is 5.40. The van der Waals surface area contributed by atoms with Gasteiger partial charge >= 0.3 is 0 Å². The maximum absolute atomic E-state index is 11.1. The molecule has 0 aromatic carbocycles. The van der Waals surface area contributed by atoms with Crippen LogP contribution in [0.25, 0.3) is 0 Å². The van der Waals surface area contributed by atoms with Crippen LogP contribution in [0.5, 0.6) is 0 Å². The lowest BCUT2D eigenvalue weighted by molar-refractivity contribution is 0.527. The molecule has 0 aliphatic rings. The first-order valence-corrected chi connectivity index (χ1v) is 9.14. The molecule has 7 heteroatoms. The Morgan fingerprint density at radius 3 is 2.89 bits per heavy atom. The zero-order valence-corrected chi connectivity index (χ0v) is 12.5.